The zero-order valence-corrected chi connectivity index (χ0v) is 16.0. The topological polar surface area (TPSA) is 29.5 Å². The van der Waals surface area contributed by atoms with Gasteiger partial charge in [0.25, 0.3) is 0 Å². The Bertz CT molecular complexity index is 666. The molecule has 0 heterocycles. The van der Waals surface area contributed by atoms with Gasteiger partial charge in [0, 0.05) is 11.8 Å². The van der Waals surface area contributed by atoms with Gasteiger partial charge in [0.05, 0.1) is 12.9 Å². The molecule has 4 aliphatic rings. The van der Waals surface area contributed by atoms with Crippen molar-refractivity contribution in [3.63, 3.8) is 0 Å². The average Bonchev–Trinajstić information content (AvgIpc) is 2.95. The first-order valence-corrected chi connectivity index (χ1v) is 10.1. The smallest absolute Gasteiger partial charge is 0.131 e. The Labute approximate surface area is 152 Å². The Hall–Kier alpha value is -1.20. The normalized spacial score (nSPS) is 45.8. The van der Waals surface area contributed by atoms with Gasteiger partial charge in [-0.05, 0) is 74.7 Å². The molecule has 0 spiro atoms. The van der Waals surface area contributed by atoms with Crippen molar-refractivity contribution in [1.82, 2.24) is 0 Å². The Balaban J connectivity index is 1.69. The third-order valence-electron chi connectivity index (χ3n) is 8.41. The van der Waals surface area contributed by atoms with Gasteiger partial charge in [-0.25, -0.2) is 0 Å². The number of terminal acetylenes is 1. The van der Waals surface area contributed by atoms with Crippen LogP contribution in [0.5, 0.6) is 0 Å². The summed E-state index contributed by atoms with van der Waals surface area (Å²) in [6.45, 7) is 4.64. The van der Waals surface area contributed by atoms with Crippen LogP contribution in [0.2, 0.25) is 0 Å². The summed E-state index contributed by atoms with van der Waals surface area (Å²) in [5.74, 6) is 6.58. The fourth-order valence-electron chi connectivity index (χ4n) is 7.14. The van der Waals surface area contributed by atoms with Gasteiger partial charge < -0.3 is 9.84 Å². The quantitative estimate of drug-likeness (QED) is 0.575. The van der Waals surface area contributed by atoms with E-state index in [-0.39, 0.29) is 5.41 Å². The number of ether oxygens (including phenoxy) is 1. The van der Waals surface area contributed by atoms with Crippen molar-refractivity contribution >= 4 is 0 Å². The van der Waals surface area contributed by atoms with E-state index in [1.54, 1.807) is 18.3 Å². The van der Waals surface area contributed by atoms with Gasteiger partial charge in [-0.2, -0.15) is 0 Å². The SMILES string of the molecule is C#C[C@]1(O)CC[C@H]2[C@@H]3CC(C)C4=C(CC=C(OC)C4)[C@H]3CC[C@@]21CC. The van der Waals surface area contributed by atoms with Crippen molar-refractivity contribution in [2.24, 2.45) is 29.1 Å². The first-order valence-electron chi connectivity index (χ1n) is 10.1. The summed E-state index contributed by atoms with van der Waals surface area (Å²) in [6.07, 6.45) is 16.6. The number of allylic oxidation sites excluding steroid dienone is 3. The lowest BCUT2D eigenvalue weighted by molar-refractivity contribution is -0.0877. The van der Waals surface area contributed by atoms with E-state index in [9.17, 15) is 5.11 Å². The van der Waals surface area contributed by atoms with E-state index >= 15 is 0 Å². The first-order chi connectivity index (χ1) is 12.0. The molecule has 4 aliphatic carbocycles. The minimum absolute atomic E-state index is 0.0527. The second-order valence-electron chi connectivity index (χ2n) is 8.91. The summed E-state index contributed by atoms with van der Waals surface area (Å²) in [7, 11) is 1.79. The Morgan fingerprint density at radius 2 is 2.12 bits per heavy atom. The number of rotatable bonds is 2. The Morgan fingerprint density at radius 3 is 2.80 bits per heavy atom. The molecule has 0 saturated heterocycles. The molecule has 1 N–H and O–H groups in total. The predicted molar refractivity (Wildman–Crippen MR) is 101 cm³/mol. The van der Waals surface area contributed by atoms with Crippen LogP contribution in [0, 0.1) is 41.4 Å². The fraction of sp³-hybridized carbons (Fsp3) is 0.739. The molecule has 0 aliphatic heterocycles. The van der Waals surface area contributed by atoms with Crippen LogP contribution in [-0.4, -0.2) is 17.8 Å². The molecular formula is C23H32O2. The lowest BCUT2D eigenvalue weighted by atomic mass is 9.50. The number of aliphatic hydroxyl groups is 1. The Kier molecular flexibility index (Phi) is 4.08. The third kappa shape index (κ3) is 2.21. The minimum atomic E-state index is -0.884. The highest BCUT2D eigenvalue weighted by molar-refractivity contribution is 5.35. The second-order valence-corrected chi connectivity index (χ2v) is 8.91. The average molecular weight is 341 g/mol. The monoisotopic (exact) mass is 340 g/mol. The van der Waals surface area contributed by atoms with Crippen molar-refractivity contribution in [2.45, 2.75) is 70.8 Å². The lowest BCUT2D eigenvalue weighted by Gasteiger charge is -2.55. The van der Waals surface area contributed by atoms with Crippen LogP contribution in [0.1, 0.15) is 65.2 Å². The molecule has 1 unspecified atom stereocenters. The molecular weight excluding hydrogens is 308 g/mol. The minimum Gasteiger partial charge on any atom is -0.501 e. The molecule has 0 bridgehead atoms. The van der Waals surface area contributed by atoms with Crippen molar-refractivity contribution in [2.75, 3.05) is 7.11 Å². The molecule has 2 nitrogen and oxygen atoms in total. The maximum atomic E-state index is 11.2. The van der Waals surface area contributed by atoms with Crippen molar-refractivity contribution < 1.29 is 9.84 Å². The van der Waals surface area contributed by atoms with E-state index in [0.717, 1.165) is 44.3 Å². The van der Waals surface area contributed by atoms with E-state index in [2.05, 4.69) is 25.8 Å². The van der Waals surface area contributed by atoms with E-state index in [1.165, 1.54) is 12.8 Å². The second kappa shape index (κ2) is 5.92. The van der Waals surface area contributed by atoms with Crippen LogP contribution in [0.3, 0.4) is 0 Å². The van der Waals surface area contributed by atoms with E-state index in [1.807, 2.05) is 0 Å². The maximum absolute atomic E-state index is 11.2. The standard InChI is InChI=1S/C23H32O2/c1-5-22-11-9-18-17-8-7-16(25-4)14-19(17)15(3)13-20(18)21(22)10-12-23(22,24)6-2/h2,7,15,18,20-21,24H,5,8-14H2,1,3-4H3/t15?,18-,20-,21+,22+,23+/m1/s1. The fourth-order valence-corrected chi connectivity index (χ4v) is 7.14. The highest BCUT2D eigenvalue weighted by Crippen LogP contribution is 2.66. The molecule has 0 aromatic carbocycles. The first kappa shape index (κ1) is 17.2. The summed E-state index contributed by atoms with van der Waals surface area (Å²) in [5, 5.41) is 11.2. The van der Waals surface area contributed by atoms with E-state index in [0.29, 0.717) is 23.7 Å². The summed E-state index contributed by atoms with van der Waals surface area (Å²) in [4.78, 5) is 0. The van der Waals surface area contributed by atoms with Crippen LogP contribution >= 0.6 is 0 Å². The largest absolute Gasteiger partial charge is 0.501 e. The highest BCUT2D eigenvalue weighted by Gasteiger charge is 2.63. The third-order valence-corrected chi connectivity index (χ3v) is 8.41. The molecule has 2 fully saturated rings. The highest BCUT2D eigenvalue weighted by atomic mass is 16.5. The molecule has 6 atom stereocenters. The van der Waals surface area contributed by atoms with Gasteiger partial charge in [-0.15, -0.1) is 6.42 Å². The zero-order valence-electron chi connectivity index (χ0n) is 16.0. The van der Waals surface area contributed by atoms with E-state index < -0.39 is 5.60 Å². The zero-order chi connectivity index (χ0) is 17.8. The van der Waals surface area contributed by atoms with Crippen LogP contribution in [0.4, 0.5) is 0 Å². The number of fused-ring (bicyclic) bond motifs is 4. The maximum Gasteiger partial charge on any atom is 0.131 e. The van der Waals surface area contributed by atoms with Gasteiger partial charge in [-0.1, -0.05) is 30.9 Å². The van der Waals surface area contributed by atoms with Gasteiger partial charge in [0.15, 0.2) is 0 Å². The Morgan fingerprint density at radius 1 is 1.32 bits per heavy atom. The van der Waals surface area contributed by atoms with Crippen LogP contribution in [-0.2, 0) is 4.74 Å². The molecule has 0 aromatic rings. The molecule has 25 heavy (non-hydrogen) atoms. The molecule has 2 saturated carbocycles. The van der Waals surface area contributed by atoms with E-state index in [4.69, 9.17) is 11.2 Å². The summed E-state index contributed by atoms with van der Waals surface area (Å²) in [6, 6.07) is 0. The molecule has 0 aromatic heterocycles. The number of methoxy groups -OCH3 is 1. The van der Waals surface area contributed by atoms with Gasteiger partial charge in [0.2, 0.25) is 0 Å². The summed E-state index contributed by atoms with van der Waals surface area (Å²) >= 11 is 0. The van der Waals surface area contributed by atoms with Crippen molar-refractivity contribution in [3.8, 4) is 12.3 Å². The van der Waals surface area contributed by atoms with Crippen LogP contribution < -0.4 is 0 Å². The molecule has 0 radical (unpaired) electrons. The molecule has 136 valence electrons. The van der Waals surface area contributed by atoms with Gasteiger partial charge in [-0.3, -0.25) is 0 Å². The molecule has 0 amide bonds. The predicted octanol–water partition coefficient (Wildman–Crippen LogP) is 4.84. The van der Waals surface area contributed by atoms with Gasteiger partial charge >= 0.3 is 0 Å². The lowest BCUT2D eigenvalue weighted by Crippen LogP contribution is -2.52. The van der Waals surface area contributed by atoms with Gasteiger partial charge in [0.1, 0.15) is 5.60 Å². The molecule has 4 rings (SSSR count). The van der Waals surface area contributed by atoms with Crippen molar-refractivity contribution in [1.29, 1.82) is 0 Å². The number of hydrogen-bond donors (Lipinski definition) is 1. The number of hydrogen-bond acceptors (Lipinski definition) is 2. The van der Waals surface area contributed by atoms with Crippen LogP contribution in [0.15, 0.2) is 23.0 Å². The molecule has 2 heteroatoms. The summed E-state index contributed by atoms with van der Waals surface area (Å²) in [5.41, 5.74) is 2.41. The summed E-state index contributed by atoms with van der Waals surface area (Å²) < 4.78 is 5.54. The van der Waals surface area contributed by atoms with Crippen molar-refractivity contribution in [3.05, 3.63) is 23.0 Å². The van der Waals surface area contributed by atoms with Crippen LogP contribution in [0.25, 0.3) is 0 Å².